The SMILES string of the molecule is COc1ccc([N+](=O)[O-])cc1NC(=O)[C@H](C)OC(=O)CCC1CCCCC1. The van der Waals surface area contributed by atoms with Crippen molar-refractivity contribution >= 4 is 23.3 Å². The van der Waals surface area contributed by atoms with Crippen LogP contribution in [-0.2, 0) is 14.3 Å². The quantitative estimate of drug-likeness (QED) is 0.418. The van der Waals surface area contributed by atoms with Crippen LogP contribution in [0, 0.1) is 16.0 Å². The van der Waals surface area contributed by atoms with Gasteiger partial charge in [0.2, 0.25) is 0 Å². The molecule has 1 fully saturated rings. The largest absolute Gasteiger partial charge is 0.495 e. The van der Waals surface area contributed by atoms with Crippen LogP contribution < -0.4 is 10.1 Å². The molecule has 0 saturated heterocycles. The molecule has 148 valence electrons. The first-order chi connectivity index (χ1) is 12.9. The van der Waals surface area contributed by atoms with E-state index in [2.05, 4.69) is 5.32 Å². The van der Waals surface area contributed by atoms with Crippen LogP contribution in [0.2, 0.25) is 0 Å². The van der Waals surface area contributed by atoms with Crippen LogP contribution in [-0.4, -0.2) is 30.0 Å². The second-order valence-electron chi connectivity index (χ2n) is 6.81. The molecule has 0 spiro atoms. The summed E-state index contributed by atoms with van der Waals surface area (Å²) in [5.74, 6) is -0.136. The molecule has 1 aromatic carbocycles. The van der Waals surface area contributed by atoms with Gasteiger partial charge in [0.15, 0.2) is 6.10 Å². The molecule has 1 N–H and O–H groups in total. The Morgan fingerprint density at radius 2 is 2.00 bits per heavy atom. The maximum Gasteiger partial charge on any atom is 0.306 e. The van der Waals surface area contributed by atoms with Crippen LogP contribution in [0.3, 0.4) is 0 Å². The molecule has 1 amide bonds. The molecule has 8 heteroatoms. The highest BCUT2D eigenvalue weighted by Gasteiger charge is 2.22. The number of non-ortho nitro benzene ring substituents is 1. The van der Waals surface area contributed by atoms with Crippen LogP contribution in [0.1, 0.15) is 51.9 Å². The van der Waals surface area contributed by atoms with Crippen molar-refractivity contribution in [1.29, 1.82) is 0 Å². The Morgan fingerprint density at radius 1 is 1.30 bits per heavy atom. The Kier molecular flexibility index (Phi) is 7.57. The average Bonchev–Trinajstić information content (AvgIpc) is 2.67. The van der Waals surface area contributed by atoms with Gasteiger partial charge in [-0.3, -0.25) is 19.7 Å². The molecule has 0 radical (unpaired) electrons. The fourth-order valence-corrected chi connectivity index (χ4v) is 3.25. The second kappa shape index (κ2) is 9.89. The van der Waals surface area contributed by atoms with Crippen molar-refractivity contribution in [2.45, 2.75) is 58.0 Å². The van der Waals surface area contributed by atoms with Crippen LogP contribution >= 0.6 is 0 Å². The minimum absolute atomic E-state index is 0.154. The number of ether oxygens (including phenoxy) is 2. The molecule has 0 unspecified atom stereocenters. The summed E-state index contributed by atoms with van der Waals surface area (Å²) in [6, 6.07) is 3.88. The molecule has 0 heterocycles. The number of rotatable bonds is 8. The molecule has 2 rings (SSSR count). The molecular weight excluding hydrogens is 352 g/mol. The van der Waals surface area contributed by atoms with E-state index < -0.39 is 22.9 Å². The van der Waals surface area contributed by atoms with Gasteiger partial charge < -0.3 is 14.8 Å². The van der Waals surface area contributed by atoms with Crippen LogP contribution in [0.4, 0.5) is 11.4 Å². The maximum absolute atomic E-state index is 12.3. The van der Waals surface area contributed by atoms with Crippen LogP contribution in [0.25, 0.3) is 0 Å². The molecule has 1 aromatic rings. The molecule has 1 saturated carbocycles. The number of carbonyl (C=O) groups excluding carboxylic acids is 2. The second-order valence-corrected chi connectivity index (χ2v) is 6.81. The fraction of sp³-hybridized carbons (Fsp3) is 0.579. The van der Waals surface area contributed by atoms with E-state index in [1.807, 2.05) is 0 Å². The fourth-order valence-electron chi connectivity index (χ4n) is 3.25. The van der Waals surface area contributed by atoms with E-state index in [4.69, 9.17) is 9.47 Å². The molecule has 0 bridgehead atoms. The Bertz CT molecular complexity index is 685. The van der Waals surface area contributed by atoms with Crippen molar-refractivity contribution in [3.8, 4) is 5.75 Å². The third-order valence-electron chi connectivity index (χ3n) is 4.81. The van der Waals surface area contributed by atoms with Gasteiger partial charge in [0.1, 0.15) is 5.75 Å². The lowest BCUT2D eigenvalue weighted by Crippen LogP contribution is -2.30. The monoisotopic (exact) mass is 378 g/mol. The standard InChI is InChI=1S/C19H26N2O6/c1-13(27-18(22)11-8-14-6-4-3-5-7-14)19(23)20-16-12-15(21(24)25)9-10-17(16)26-2/h9-10,12-14H,3-8,11H2,1-2H3,(H,20,23)/t13-/m0/s1. The summed E-state index contributed by atoms with van der Waals surface area (Å²) < 4.78 is 10.3. The van der Waals surface area contributed by atoms with E-state index in [1.165, 1.54) is 51.5 Å². The average molecular weight is 378 g/mol. The molecule has 0 aliphatic heterocycles. The predicted molar refractivity (Wildman–Crippen MR) is 99.6 cm³/mol. The Labute approximate surface area is 158 Å². The minimum Gasteiger partial charge on any atom is -0.495 e. The molecule has 27 heavy (non-hydrogen) atoms. The number of nitro benzene ring substituents is 1. The number of benzene rings is 1. The number of anilines is 1. The van der Waals surface area contributed by atoms with Crippen molar-refractivity contribution < 1.29 is 24.0 Å². The van der Waals surface area contributed by atoms with Gasteiger partial charge in [-0.05, 0) is 25.3 Å². The van der Waals surface area contributed by atoms with Gasteiger partial charge in [-0.1, -0.05) is 32.1 Å². The third kappa shape index (κ3) is 6.23. The zero-order valence-corrected chi connectivity index (χ0v) is 15.7. The van der Waals surface area contributed by atoms with Crippen molar-refractivity contribution in [1.82, 2.24) is 0 Å². The van der Waals surface area contributed by atoms with Gasteiger partial charge in [-0.2, -0.15) is 0 Å². The van der Waals surface area contributed by atoms with Gasteiger partial charge >= 0.3 is 5.97 Å². The van der Waals surface area contributed by atoms with Crippen LogP contribution in [0.5, 0.6) is 5.75 Å². The summed E-state index contributed by atoms with van der Waals surface area (Å²) in [7, 11) is 1.39. The summed E-state index contributed by atoms with van der Waals surface area (Å²) in [6.45, 7) is 1.47. The number of carbonyl (C=O) groups is 2. The lowest BCUT2D eigenvalue weighted by atomic mass is 9.86. The Balaban J connectivity index is 1.88. The zero-order valence-electron chi connectivity index (χ0n) is 15.7. The van der Waals surface area contributed by atoms with Gasteiger partial charge in [0, 0.05) is 18.6 Å². The number of esters is 1. The summed E-state index contributed by atoms with van der Waals surface area (Å²) in [4.78, 5) is 34.6. The highest BCUT2D eigenvalue weighted by Crippen LogP contribution is 2.29. The molecular formula is C19H26N2O6. The summed E-state index contributed by atoms with van der Waals surface area (Å²) >= 11 is 0. The maximum atomic E-state index is 12.3. The highest BCUT2D eigenvalue weighted by atomic mass is 16.6. The number of nitro groups is 1. The van der Waals surface area contributed by atoms with Gasteiger partial charge in [0.25, 0.3) is 11.6 Å². The van der Waals surface area contributed by atoms with Crippen LogP contribution in [0.15, 0.2) is 18.2 Å². The number of methoxy groups -OCH3 is 1. The third-order valence-corrected chi connectivity index (χ3v) is 4.81. The van der Waals surface area contributed by atoms with E-state index in [9.17, 15) is 19.7 Å². The number of nitrogens with one attached hydrogen (secondary N) is 1. The lowest BCUT2D eigenvalue weighted by Gasteiger charge is -2.21. The van der Waals surface area contributed by atoms with Crippen molar-refractivity contribution in [2.75, 3.05) is 12.4 Å². The van der Waals surface area contributed by atoms with Gasteiger partial charge in [0.05, 0.1) is 17.7 Å². The van der Waals surface area contributed by atoms with E-state index in [0.29, 0.717) is 12.3 Å². The molecule has 1 atom stereocenters. The summed E-state index contributed by atoms with van der Waals surface area (Å²) in [6.07, 6.45) is 6.06. The summed E-state index contributed by atoms with van der Waals surface area (Å²) in [5, 5.41) is 13.4. The molecule has 1 aliphatic carbocycles. The molecule has 0 aromatic heterocycles. The highest BCUT2D eigenvalue weighted by molar-refractivity contribution is 5.96. The van der Waals surface area contributed by atoms with Crippen molar-refractivity contribution in [3.63, 3.8) is 0 Å². The Morgan fingerprint density at radius 3 is 2.63 bits per heavy atom. The Hall–Kier alpha value is -2.64. The van der Waals surface area contributed by atoms with E-state index in [-0.39, 0.29) is 17.1 Å². The topological polar surface area (TPSA) is 108 Å². The first-order valence-corrected chi connectivity index (χ1v) is 9.23. The molecule has 1 aliphatic rings. The number of nitrogens with zero attached hydrogens (tertiary/aromatic N) is 1. The molecule has 8 nitrogen and oxygen atoms in total. The van der Waals surface area contributed by atoms with E-state index >= 15 is 0 Å². The van der Waals surface area contributed by atoms with E-state index in [0.717, 1.165) is 19.3 Å². The van der Waals surface area contributed by atoms with Crippen molar-refractivity contribution in [3.05, 3.63) is 28.3 Å². The predicted octanol–water partition coefficient (Wildman–Crippen LogP) is 3.83. The summed E-state index contributed by atoms with van der Waals surface area (Å²) in [5.41, 5.74) is -0.0231. The number of amides is 1. The van der Waals surface area contributed by atoms with Gasteiger partial charge in [-0.15, -0.1) is 0 Å². The number of hydrogen-bond donors (Lipinski definition) is 1. The van der Waals surface area contributed by atoms with E-state index in [1.54, 1.807) is 0 Å². The van der Waals surface area contributed by atoms with Crippen molar-refractivity contribution in [2.24, 2.45) is 5.92 Å². The first kappa shape index (κ1) is 20.7. The minimum atomic E-state index is -1.01. The normalized spacial score (nSPS) is 15.6. The number of hydrogen-bond acceptors (Lipinski definition) is 6. The van der Waals surface area contributed by atoms with Gasteiger partial charge in [-0.25, -0.2) is 0 Å². The smallest absolute Gasteiger partial charge is 0.306 e. The first-order valence-electron chi connectivity index (χ1n) is 9.23. The lowest BCUT2D eigenvalue weighted by molar-refractivity contribution is -0.384. The zero-order chi connectivity index (χ0) is 19.8.